The minimum atomic E-state index is -0.297. The van der Waals surface area contributed by atoms with E-state index in [0.29, 0.717) is 40.3 Å². The number of aliphatic imine (C=N–C) groups is 1. The molecule has 172 valence electrons. The Morgan fingerprint density at radius 1 is 1.15 bits per heavy atom. The molecule has 1 aliphatic rings. The molecule has 0 unspecified atom stereocenters. The van der Waals surface area contributed by atoms with Gasteiger partial charge in [-0.05, 0) is 68.0 Å². The lowest BCUT2D eigenvalue weighted by molar-refractivity contribution is 0.0526. The van der Waals surface area contributed by atoms with E-state index < -0.39 is 0 Å². The van der Waals surface area contributed by atoms with Gasteiger partial charge in [0.05, 0.1) is 19.3 Å². The number of fused-ring (bicyclic) bond motifs is 1. The van der Waals surface area contributed by atoms with Gasteiger partial charge in [0.15, 0.2) is 11.5 Å². The number of para-hydroxylation sites is 1. The van der Waals surface area contributed by atoms with Crippen LogP contribution in [0.2, 0.25) is 5.02 Å². The number of carbonyl (C=O) groups excluding carboxylic acids is 1. The van der Waals surface area contributed by atoms with Crippen molar-refractivity contribution in [3.05, 3.63) is 74.6 Å². The third-order valence-electron chi connectivity index (χ3n) is 5.48. The Labute approximate surface area is 203 Å². The first-order valence-electron chi connectivity index (χ1n) is 11.0. The molecule has 3 aromatic rings. The molecule has 0 bridgehead atoms. The number of hydrogen-bond acceptors (Lipinski definition) is 6. The number of rotatable bonds is 8. The second-order valence-electron chi connectivity index (χ2n) is 7.66. The highest BCUT2D eigenvalue weighted by atomic mass is 35.5. The number of esters is 1. The SMILES string of the molecule is CCOC(=O)c1c(N=Cc2cccc(OC)c2OCc2ccc(Cl)cc2)sc2c1CCCC2. The molecule has 1 aliphatic carbocycles. The van der Waals surface area contributed by atoms with Crippen molar-refractivity contribution >= 4 is 40.1 Å². The zero-order valence-corrected chi connectivity index (χ0v) is 20.3. The minimum absolute atomic E-state index is 0.297. The molecule has 0 radical (unpaired) electrons. The predicted molar refractivity (Wildman–Crippen MR) is 133 cm³/mol. The topological polar surface area (TPSA) is 57.1 Å². The Hall–Kier alpha value is -2.83. The first-order chi connectivity index (χ1) is 16.1. The maximum atomic E-state index is 12.7. The summed E-state index contributed by atoms with van der Waals surface area (Å²) in [4.78, 5) is 18.7. The number of hydrogen-bond donors (Lipinski definition) is 0. The molecule has 5 nitrogen and oxygen atoms in total. The summed E-state index contributed by atoms with van der Waals surface area (Å²) in [6.45, 7) is 2.52. The van der Waals surface area contributed by atoms with Crippen LogP contribution in [0.3, 0.4) is 0 Å². The Morgan fingerprint density at radius 2 is 1.94 bits per heavy atom. The summed E-state index contributed by atoms with van der Waals surface area (Å²) in [5.74, 6) is 0.913. The Kier molecular flexibility index (Phi) is 7.68. The van der Waals surface area contributed by atoms with Gasteiger partial charge in [0.25, 0.3) is 0 Å². The lowest BCUT2D eigenvalue weighted by Gasteiger charge is -2.13. The molecular formula is C26H26ClNO4S. The van der Waals surface area contributed by atoms with Gasteiger partial charge in [-0.2, -0.15) is 0 Å². The molecule has 33 heavy (non-hydrogen) atoms. The normalized spacial score (nSPS) is 13.1. The lowest BCUT2D eigenvalue weighted by atomic mass is 9.95. The number of benzene rings is 2. The largest absolute Gasteiger partial charge is 0.493 e. The fourth-order valence-electron chi connectivity index (χ4n) is 3.87. The van der Waals surface area contributed by atoms with Crippen LogP contribution in [-0.4, -0.2) is 25.9 Å². The van der Waals surface area contributed by atoms with Crippen molar-refractivity contribution in [1.29, 1.82) is 0 Å². The van der Waals surface area contributed by atoms with Crippen LogP contribution in [0.5, 0.6) is 11.5 Å². The van der Waals surface area contributed by atoms with Crippen LogP contribution < -0.4 is 9.47 Å². The molecule has 0 saturated carbocycles. The first kappa shape index (κ1) is 23.3. The van der Waals surface area contributed by atoms with Crippen molar-refractivity contribution in [1.82, 2.24) is 0 Å². The zero-order valence-electron chi connectivity index (χ0n) is 18.7. The maximum absolute atomic E-state index is 12.7. The van der Waals surface area contributed by atoms with Crippen LogP contribution in [-0.2, 0) is 24.2 Å². The minimum Gasteiger partial charge on any atom is -0.493 e. The molecule has 1 aromatic heterocycles. The second-order valence-corrected chi connectivity index (χ2v) is 9.18. The molecule has 0 amide bonds. The number of nitrogens with zero attached hydrogens (tertiary/aromatic N) is 1. The van der Waals surface area contributed by atoms with E-state index in [4.69, 9.17) is 30.8 Å². The molecule has 1 heterocycles. The molecule has 7 heteroatoms. The molecule has 0 spiro atoms. The van der Waals surface area contributed by atoms with Crippen molar-refractivity contribution in [2.75, 3.05) is 13.7 Å². The van der Waals surface area contributed by atoms with Gasteiger partial charge in [-0.3, -0.25) is 0 Å². The number of methoxy groups -OCH3 is 1. The van der Waals surface area contributed by atoms with Gasteiger partial charge in [-0.1, -0.05) is 29.8 Å². The number of carbonyl (C=O) groups is 1. The Morgan fingerprint density at radius 3 is 2.70 bits per heavy atom. The Balaban J connectivity index is 1.65. The summed E-state index contributed by atoms with van der Waals surface area (Å²) in [6, 6.07) is 13.2. The van der Waals surface area contributed by atoms with Crippen molar-refractivity contribution in [3.8, 4) is 11.5 Å². The van der Waals surface area contributed by atoms with E-state index in [1.807, 2.05) is 49.4 Å². The highest BCUT2D eigenvalue weighted by Crippen LogP contribution is 2.40. The third-order valence-corrected chi connectivity index (χ3v) is 6.93. The van der Waals surface area contributed by atoms with Gasteiger partial charge >= 0.3 is 5.97 Å². The molecule has 0 N–H and O–H groups in total. The van der Waals surface area contributed by atoms with Gasteiger partial charge in [-0.25, -0.2) is 9.79 Å². The summed E-state index contributed by atoms with van der Waals surface area (Å²) in [7, 11) is 1.61. The average Bonchev–Trinajstić information content (AvgIpc) is 3.21. The molecule has 0 atom stereocenters. The predicted octanol–water partition coefficient (Wildman–Crippen LogP) is 6.80. The van der Waals surface area contributed by atoms with Crippen molar-refractivity contribution in [3.63, 3.8) is 0 Å². The molecule has 2 aromatic carbocycles. The van der Waals surface area contributed by atoms with Gasteiger partial charge in [0, 0.05) is 21.7 Å². The van der Waals surface area contributed by atoms with E-state index in [0.717, 1.165) is 42.4 Å². The quantitative estimate of drug-likeness (QED) is 0.261. The van der Waals surface area contributed by atoms with Crippen molar-refractivity contribution < 1.29 is 19.0 Å². The maximum Gasteiger partial charge on any atom is 0.341 e. The van der Waals surface area contributed by atoms with Crippen LogP contribution in [0, 0.1) is 0 Å². The second kappa shape index (κ2) is 10.9. The molecule has 0 fully saturated rings. The summed E-state index contributed by atoms with van der Waals surface area (Å²) in [6.07, 6.45) is 5.83. The smallest absolute Gasteiger partial charge is 0.341 e. The van der Waals surface area contributed by atoms with E-state index in [9.17, 15) is 4.79 Å². The average molecular weight is 484 g/mol. The number of halogens is 1. The fourth-order valence-corrected chi connectivity index (χ4v) is 5.22. The number of ether oxygens (including phenoxy) is 3. The van der Waals surface area contributed by atoms with E-state index in [2.05, 4.69) is 0 Å². The van der Waals surface area contributed by atoms with Crippen LogP contribution in [0.25, 0.3) is 0 Å². The van der Waals surface area contributed by atoms with Crippen LogP contribution >= 0.6 is 22.9 Å². The first-order valence-corrected chi connectivity index (χ1v) is 12.2. The van der Waals surface area contributed by atoms with E-state index in [-0.39, 0.29) is 5.97 Å². The lowest BCUT2D eigenvalue weighted by Crippen LogP contribution is -2.09. The highest BCUT2D eigenvalue weighted by Gasteiger charge is 2.26. The molecular weight excluding hydrogens is 458 g/mol. The number of aryl methyl sites for hydroxylation is 1. The monoisotopic (exact) mass is 483 g/mol. The summed E-state index contributed by atoms with van der Waals surface area (Å²) in [5, 5.41) is 1.37. The van der Waals surface area contributed by atoms with Crippen molar-refractivity contribution in [2.24, 2.45) is 4.99 Å². The van der Waals surface area contributed by atoms with E-state index in [1.54, 1.807) is 24.7 Å². The fraction of sp³-hybridized carbons (Fsp3) is 0.308. The van der Waals surface area contributed by atoms with Crippen LogP contribution in [0.15, 0.2) is 47.5 Å². The van der Waals surface area contributed by atoms with Gasteiger partial charge in [0.2, 0.25) is 0 Å². The molecule has 0 aliphatic heterocycles. The van der Waals surface area contributed by atoms with Gasteiger partial charge < -0.3 is 14.2 Å². The van der Waals surface area contributed by atoms with E-state index in [1.165, 1.54) is 4.88 Å². The Bertz CT molecular complexity index is 1150. The number of thiophene rings is 1. The summed E-state index contributed by atoms with van der Waals surface area (Å²) in [5.41, 5.74) is 3.47. The standard InChI is InChI=1S/C26H26ClNO4S/c1-3-31-26(29)23-20-8-4-5-10-22(20)33-25(23)28-15-18-7-6-9-21(30-2)24(18)32-16-17-11-13-19(27)14-12-17/h6-7,9,11-15H,3-5,8,10,16H2,1-2H3. The zero-order chi connectivity index (χ0) is 23.2. The summed E-state index contributed by atoms with van der Waals surface area (Å²) < 4.78 is 17.0. The molecule has 0 saturated heterocycles. The van der Waals surface area contributed by atoms with Gasteiger partial charge in [-0.15, -0.1) is 11.3 Å². The van der Waals surface area contributed by atoms with Gasteiger partial charge in [0.1, 0.15) is 11.6 Å². The van der Waals surface area contributed by atoms with Crippen LogP contribution in [0.1, 0.15) is 51.7 Å². The summed E-state index contributed by atoms with van der Waals surface area (Å²) >= 11 is 7.56. The van der Waals surface area contributed by atoms with E-state index >= 15 is 0 Å². The highest BCUT2D eigenvalue weighted by molar-refractivity contribution is 7.16. The van der Waals surface area contributed by atoms with Crippen LogP contribution in [0.4, 0.5) is 5.00 Å². The van der Waals surface area contributed by atoms with Crippen molar-refractivity contribution in [2.45, 2.75) is 39.2 Å². The third kappa shape index (κ3) is 5.40. The molecule has 4 rings (SSSR count).